The first-order valence-electron chi connectivity index (χ1n) is 7.15. The van der Waals surface area contributed by atoms with Gasteiger partial charge in [0, 0.05) is 6.04 Å². The second kappa shape index (κ2) is 6.35. The summed E-state index contributed by atoms with van der Waals surface area (Å²) in [6, 6.07) is 6.84. The number of nitrogens with one attached hydrogen (secondary N) is 1. The molecule has 2 atom stereocenters. The van der Waals surface area contributed by atoms with E-state index < -0.39 is 0 Å². The molecule has 100 valence electrons. The van der Waals surface area contributed by atoms with E-state index in [2.05, 4.69) is 37.4 Å². The largest absolute Gasteiger partial charge is 0.388 e. The molecule has 0 amide bonds. The fourth-order valence-electron chi connectivity index (χ4n) is 2.91. The maximum Gasteiger partial charge on any atom is 0.0805 e. The van der Waals surface area contributed by atoms with Crippen LogP contribution in [-0.4, -0.2) is 17.7 Å². The molecule has 0 bridgehead atoms. The van der Waals surface area contributed by atoms with Gasteiger partial charge in [0.1, 0.15) is 0 Å². The topological polar surface area (TPSA) is 32.3 Å². The molecule has 1 aromatic carbocycles. The van der Waals surface area contributed by atoms with E-state index in [0.29, 0.717) is 6.04 Å². The molecule has 1 aliphatic rings. The second-order valence-corrected chi connectivity index (χ2v) is 5.67. The molecule has 0 aromatic heterocycles. The minimum Gasteiger partial charge on any atom is -0.388 e. The lowest BCUT2D eigenvalue weighted by Crippen LogP contribution is -2.29. The number of benzene rings is 1. The van der Waals surface area contributed by atoms with Crippen LogP contribution in [0.25, 0.3) is 0 Å². The maximum absolute atomic E-state index is 10.4. The molecule has 0 saturated carbocycles. The van der Waals surface area contributed by atoms with Crippen LogP contribution in [0.15, 0.2) is 18.2 Å². The molecular weight excluding hydrogens is 222 g/mol. The molecule has 2 heteroatoms. The molecule has 2 nitrogen and oxygen atoms in total. The van der Waals surface area contributed by atoms with Gasteiger partial charge in [0.25, 0.3) is 0 Å². The summed E-state index contributed by atoms with van der Waals surface area (Å²) >= 11 is 0. The number of aryl methyl sites for hydroxylation is 2. The van der Waals surface area contributed by atoms with E-state index in [1.54, 1.807) is 0 Å². The van der Waals surface area contributed by atoms with Crippen molar-refractivity contribution in [2.45, 2.75) is 58.1 Å². The Kier molecular flexibility index (Phi) is 4.79. The van der Waals surface area contributed by atoms with Crippen molar-refractivity contribution in [1.82, 2.24) is 5.32 Å². The summed E-state index contributed by atoms with van der Waals surface area (Å²) in [6.07, 6.45) is 5.58. The zero-order valence-corrected chi connectivity index (χ0v) is 11.6. The van der Waals surface area contributed by atoms with Crippen LogP contribution in [0.2, 0.25) is 0 Å². The van der Waals surface area contributed by atoms with Gasteiger partial charge >= 0.3 is 0 Å². The summed E-state index contributed by atoms with van der Waals surface area (Å²) in [5.74, 6) is 0. The van der Waals surface area contributed by atoms with Crippen molar-refractivity contribution in [3.8, 4) is 0 Å². The lowest BCUT2D eigenvalue weighted by Gasteiger charge is -2.20. The molecule has 2 rings (SSSR count). The fourth-order valence-corrected chi connectivity index (χ4v) is 2.91. The van der Waals surface area contributed by atoms with Crippen molar-refractivity contribution in [2.24, 2.45) is 0 Å². The molecule has 1 fully saturated rings. The van der Waals surface area contributed by atoms with Gasteiger partial charge in [-0.3, -0.25) is 0 Å². The van der Waals surface area contributed by atoms with Crippen molar-refractivity contribution in [3.05, 3.63) is 34.9 Å². The van der Waals surface area contributed by atoms with Crippen LogP contribution >= 0.6 is 0 Å². The third-order valence-electron chi connectivity index (χ3n) is 3.80. The van der Waals surface area contributed by atoms with Gasteiger partial charge in [-0.05, 0) is 45.2 Å². The third-order valence-corrected chi connectivity index (χ3v) is 3.80. The van der Waals surface area contributed by atoms with E-state index in [1.165, 1.54) is 36.8 Å². The SMILES string of the molecule is Cc1cc(C)cc(C(O)CC2CCCCCN2)c1. The first kappa shape index (κ1) is 13.6. The van der Waals surface area contributed by atoms with Crippen LogP contribution in [0, 0.1) is 13.8 Å². The average Bonchev–Trinajstić information content (AvgIpc) is 2.56. The lowest BCUT2D eigenvalue weighted by atomic mass is 9.96. The van der Waals surface area contributed by atoms with Gasteiger partial charge in [0.15, 0.2) is 0 Å². The second-order valence-electron chi connectivity index (χ2n) is 5.67. The van der Waals surface area contributed by atoms with E-state index in [4.69, 9.17) is 0 Å². The van der Waals surface area contributed by atoms with E-state index >= 15 is 0 Å². The van der Waals surface area contributed by atoms with Crippen molar-refractivity contribution >= 4 is 0 Å². The molecule has 18 heavy (non-hydrogen) atoms. The Morgan fingerprint density at radius 1 is 1.17 bits per heavy atom. The van der Waals surface area contributed by atoms with Gasteiger partial charge in [0.2, 0.25) is 0 Å². The quantitative estimate of drug-likeness (QED) is 0.859. The highest BCUT2D eigenvalue weighted by atomic mass is 16.3. The van der Waals surface area contributed by atoms with Gasteiger partial charge in [-0.15, -0.1) is 0 Å². The predicted molar refractivity (Wildman–Crippen MR) is 75.8 cm³/mol. The van der Waals surface area contributed by atoms with Crippen LogP contribution < -0.4 is 5.32 Å². The molecule has 1 aromatic rings. The number of hydrogen-bond donors (Lipinski definition) is 2. The standard InChI is InChI=1S/C16H25NO/c1-12-8-13(2)10-14(9-12)16(18)11-15-6-4-3-5-7-17-15/h8-10,15-18H,3-7,11H2,1-2H3. The first-order valence-corrected chi connectivity index (χ1v) is 7.15. The lowest BCUT2D eigenvalue weighted by molar-refractivity contribution is 0.150. The minimum absolute atomic E-state index is 0.334. The summed E-state index contributed by atoms with van der Waals surface area (Å²) in [7, 11) is 0. The zero-order valence-electron chi connectivity index (χ0n) is 11.6. The number of rotatable bonds is 3. The van der Waals surface area contributed by atoms with E-state index in [1.807, 2.05) is 0 Å². The van der Waals surface area contributed by atoms with Crippen LogP contribution in [0.3, 0.4) is 0 Å². The number of aliphatic hydroxyl groups excluding tert-OH is 1. The monoisotopic (exact) mass is 247 g/mol. The van der Waals surface area contributed by atoms with Gasteiger partial charge < -0.3 is 10.4 Å². The normalized spacial score (nSPS) is 22.5. The Bertz CT molecular complexity index is 360. The Balaban J connectivity index is 1.99. The van der Waals surface area contributed by atoms with Crippen LogP contribution in [0.4, 0.5) is 0 Å². The van der Waals surface area contributed by atoms with Gasteiger partial charge in [-0.1, -0.05) is 42.2 Å². The Hall–Kier alpha value is -0.860. The average molecular weight is 247 g/mol. The van der Waals surface area contributed by atoms with E-state index in [9.17, 15) is 5.11 Å². The molecule has 2 unspecified atom stereocenters. The molecule has 2 N–H and O–H groups in total. The van der Waals surface area contributed by atoms with E-state index in [0.717, 1.165) is 18.5 Å². The van der Waals surface area contributed by atoms with Crippen molar-refractivity contribution in [1.29, 1.82) is 0 Å². The summed E-state index contributed by atoms with van der Waals surface area (Å²) in [6.45, 7) is 5.28. The Morgan fingerprint density at radius 3 is 2.61 bits per heavy atom. The molecule has 0 spiro atoms. The van der Waals surface area contributed by atoms with Crippen molar-refractivity contribution in [2.75, 3.05) is 6.54 Å². The molecule has 1 aliphatic heterocycles. The third kappa shape index (κ3) is 3.82. The minimum atomic E-state index is -0.334. The predicted octanol–water partition coefficient (Wildman–Crippen LogP) is 3.26. The van der Waals surface area contributed by atoms with Crippen molar-refractivity contribution < 1.29 is 5.11 Å². The highest BCUT2D eigenvalue weighted by molar-refractivity contribution is 5.30. The molecule has 0 aliphatic carbocycles. The smallest absolute Gasteiger partial charge is 0.0805 e. The Labute approximate surface area is 110 Å². The highest BCUT2D eigenvalue weighted by Crippen LogP contribution is 2.23. The van der Waals surface area contributed by atoms with Crippen molar-refractivity contribution in [3.63, 3.8) is 0 Å². The van der Waals surface area contributed by atoms with Crippen LogP contribution in [-0.2, 0) is 0 Å². The first-order chi connectivity index (χ1) is 8.65. The van der Waals surface area contributed by atoms with Gasteiger partial charge in [0.05, 0.1) is 6.10 Å². The van der Waals surface area contributed by atoms with Crippen LogP contribution in [0.5, 0.6) is 0 Å². The molecule has 1 saturated heterocycles. The van der Waals surface area contributed by atoms with Crippen LogP contribution in [0.1, 0.15) is 54.9 Å². The summed E-state index contributed by atoms with van der Waals surface area (Å²) in [5.41, 5.74) is 3.54. The number of aliphatic hydroxyl groups is 1. The molecule has 1 heterocycles. The zero-order chi connectivity index (χ0) is 13.0. The van der Waals surface area contributed by atoms with Gasteiger partial charge in [-0.2, -0.15) is 0 Å². The summed E-state index contributed by atoms with van der Waals surface area (Å²) in [4.78, 5) is 0. The van der Waals surface area contributed by atoms with Gasteiger partial charge in [-0.25, -0.2) is 0 Å². The fraction of sp³-hybridized carbons (Fsp3) is 0.625. The van der Waals surface area contributed by atoms with E-state index in [-0.39, 0.29) is 6.10 Å². The summed E-state index contributed by atoms with van der Waals surface area (Å²) in [5, 5.41) is 13.9. The highest BCUT2D eigenvalue weighted by Gasteiger charge is 2.17. The molecule has 0 radical (unpaired) electrons. The maximum atomic E-state index is 10.4. The molecular formula is C16H25NO. The summed E-state index contributed by atoms with van der Waals surface area (Å²) < 4.78 is 0. The number of hydrogen-bond acceptors (Lipinski definition) is 2. The Morgan fingerprint density at radius 2 is 1.89 bits per heavy atom.